The first-order chi connectivity index (χ1) is 16.1. The van der Waals surface area contributed by atoms with Crippen molar-refractivity contribution in [2.45, 2.75) is 32.2 Å². The zero-order valence-corrected chi connectivity index (χ0v) is 18.7. The number of nitrogens with one attached hydrogen (secondary N) is 1. The van der Waals surface area contributed by atoms with E-state index in [-0.39, 0.29) is 41.4 Å². The summed E-state index contributed by atoms with van der Waals surface area (Å²) in [6.07, 6.45) is 6.55. The molecule has 7 atom stereocenters. The molecule has 1 heterocycles. The van der Waals surface area contributed by atoms with Crippen LogP contribution in [0.5, 0.6) is 0 Å². The highest BCUT2D eigenvalue weighted by molar-refractivity contribution is 6.10. The van der Waals surface area contributed by atoms with E-state index in [1.165, 1.54) is 4.90 Å². The number of likely N-dealkylation sites (tertiary alicyclic amines) is 1. The van der Waals surface area contributed by atoms with Gasteiger partial charge in [0.2, 0.25) is 17.7 Å². The number of carbonyl (C=O) groups excluding carboxylic acids is 3. The van der Waals surface area contributed by atoms with Gasteiger partial charge in [0.05, 0.1) is 11.8 Å². The number of allylic oxidation sites excluding steroid dienone is 2. The number of benzene rings is 2. The van der Waals surface area contributed by atoms with Crippen LogP contribution in [0, 0.1) is 35.5 Å². The zero-order chi connectivity index (χ0) is 22.7. The first-order valence-corrected chi connectivity index (χ1v) is 12.1. The number of hydrogen-bond acceptors (Lipinski definition) is 3. The number of amides is 3. The normalized spacial score (nSPS) is 31.8. The summed E-state index contributed by atoms with van der Waals surface area (Å²) >= 11 is 0. The summed E-state index contributed by atoms with van der Waals surface area (Å²) < 4.78 is 0. The quantitative estimate of drug-likeness (QED) is 0.548. The second-order valence-electron chi connectivity index (χ2n) is 9.91. The third-order valence-electron chi connectivity index (χ3n) is 8.24. The second kappa shape index (κ2) is 7.68. The average molecular weight is 441 g/mol. The summed E-state index contributed by atoms with van der Waals surface area (Å²) in [4.78, 5) is 42.4. The Labute approximate surface area is 193 Å². The number of rotatable bonds is 6. The van der Waals surface area contributed by atoms with Gasteiger partial charge in [-0.05, 0) is 53.7 Å². The highest BCUT2D eigenvalue weighted by atomic mass is 16.2. The molecule has 0 radical (unpaired) electrons. The van der Waals surface area contributed by atoms with Crippen LogP contribution < -0.4 is 5.32 Å². The largest absolute Gasteiger partial charge is 0.324 e. The number of para-hydroxylation sites is 1. The van der Waals surface area contributed by atoms with Gasteiger partial charge in [0.25, 0.3) is 0 Å². The third-order valence-corrected chi connectivity index (χ3v) is 8.24. The summed E-state index contributed by atoms with van der Waals surface area (Å²) in [5, 5.41) is 3.04. The molecular formula is C28H28N2O3. The van der Waals surface area contributed by atoms with Crippen LogP contribution in [-0.2, 0) is 27.2 Å². The molecule has 4 aliphatic carbocycles. The Bertz CT molecular complexity index is 1120. The van der Waals surface area contributed by atoms with Crippen LogP contribution in [-0.4, -0.2) is 28.7 Å². The van der Waals surface area contributed by atoms with Crippen LogP contribution in [0.3, 0.4) is 0 Å². The van der Waals surface area contributed by atoms with Crippen LogP contribution in [0.4, 0.5) is 5.69 Å². The van der Waals surface area contributed by atoms with Gasteiger partial charge in [-0.25, -0.2) is 0 Å². The molecule has 3 amide bonds. The number of imide groups is 1. The van der Waals surface area contributed by atoms with Crippen molar-refractivity contribution >= 4 is 23.4 Å². The van der Waals surface area contributed by atoms with Crippen LogP contribution in [0.2, 0.25) is 0 Å². The predicted molar refractivity (Wildman–Crippen MR) is 125 cm³/mol. The van der Waals surface area contributed by atoms with E-state index in [4.69, 9.17) is 0 Å². The predicted octanol–water partition coefficient (Wildman–Crippen LogP) is 3.85. The fraction of sp³-hybridized carbons (Fsp3) is 0.393. The molecule has 7 rings (SSSR count). The molecule has 3 fully saturated rings. The Kier molecular flexibility index (Phi) is 4.75. The van der Waals surface area contributed by atoms with Gasteiger partial charge >= 0.3 is 0 Å². The maximum atomic E-state index is 13.7. The summed E-state index contributed by atoms with van der Waals surface area (Å²) in [6, 6.07) is 16.5. The lowest BCUT2D eigenvalue weighted by Gasteiger charge is -2.37. The van der Waals surface area contributed by atoms with Crippen molar-refractivity contribution in [2.75, 3.05) is 5.32 Å². The van der Waals surface area contributed by atoms with Crippen molar-refractivity contribution in [3.05, 3.63) is 77.9 Å². The van der Waals surface area contributed by atoms with Crippen LogP contribution in [0.15, 0.2) is 66.7 Å². The molecule has 5 aliphatic rings. The molecule has 168 valence electrons. The van der Waals surface area contributed by atoms with Crippen molar-refractivity contribution in [1.29, 1.82) is 0 Å². The highest BCUT2D eigenvalue weighted by Gasteiger charge is 2.67. The monoisotopic (exact) mass is 440 g/mol. The zero-order valence-electron chi connectivity index (χ0n) is 18.7. The lowest BCUT2D eigenvalue weighted by Crippen LogP contribution is -2.49. The number of aryl methyl sites for hydroxylation is 1. The smallest absolute Gasteiger partial charge is 0.248 e. The van der Waals surface area contributed by atoms with E-state index in [2.05, 4.69) is 17.5 Å². The van der Waals surface area contributed by atoms with E-state index in [9.17, 15) is 14.4 Å². The molecule has 1 aliphatic heterocycles. The molecule has 0 unspecified atom stereocenters. The van der Waals surface area contributed by atoms with Gasteiger partial charge in [-0.3, -0.25) is 19.3 Å². The SMILES string of the molecule is CCc1ccccc1NC(=O)[C@@H](Cc1ccccc1)N1C(=O)[C@H]2[C@@H]3C=C[C@H]([C@H]4C[C@H]34)[C@@H]2C1=O. The van der Waals surface area contributed by atoms with Crippen LogP contribution >= 0.6 is 0 Å². The van der Waals surface area contributed by atoms with Gasteiger partial charge in [-0.15, -0.1) is 0 Å². The van der Waals surface area contributed by atoms with Crippen molar-refractivity contribution < 1.29 is 14.4 Å². The first-order valence-electron chi connectivity index (χ1n) is 12.1. The minimum Gasteiger partial charge on any atom is -0.324 e. The molecule has 33 heavy (non-hydrogen) atoms. The van der Waals surface area contributed by atoms with Gasteiger partial charge in [0.1, 0.15) is 6.04 Å². The standard InChI is InChI=1S/C28H28N2O3/c1-2-17-10-6-7-11-22(17)29-26(31)23(14-16-8-4-3-5-9-16)30-27(32)24-18-12-13-19(21-15-20(18)21)25(24)28(30)33/h3-13,18-21,23-25H,2,14-15H2,1H3,(H,29,31)/t18-,19-,20-,21-,23-,24+,25+/m1/s1. The molecule has 0 spiro atoms. The van der Waals surface area contributed by atoms with Gasteiger partial charge in [-0.1, -0.05) is 67.6 Å². The Balaban J connectivity index is 1.34. The van der Waals surface area contributed by atoms with Gasteiger partial charge in [0.15, 0.2) is 0 Å². The molecule has 1 saturated heterocycles. The van der Waals surface area contributed by atoms with E-state index in [0.717, 1.165) is 29.7 Å². The van der Waals surface area contributed by atoms with E-state index in [1.807, 2.05) is 61.5 Å². The lowest BCUT2D eigenvalue weighted by atomic mass is 9.63. The minimum atomic E-state index is -0.862. The molecule has 2 aromatic rings. The summed E-state index contributed by atoms with van der Waals surface area (Å²) in [6.45, 7) is 2.04. The van der Waals surface area contributed by atoms with Gasteiger partial charge in [-0.2, -0.15) is 0 Å². The fourth-order valence-corrected chi connectivity index (χ4v) is 6.59. The van der Waals surface area contributed by atoms with E-state index in [0.29, 0.717) is 18.3 Å². The summed E-state index contributed by atoms with van der Waals surface area (Å²) in [5.74, 6) is 0.150. The Hall–Kier alpha value is -3.21. The molecule has 5 nitrogen and oxygen atoms in total. The Morgan fingerprint density at radius 1 is 0.939 bits per heavy atom. The van der Waals surface area contributed by atoms with E-state index in [1.54, 1.807) is 0 Å². The molecule has 5 heteroatoms. The van der Waals surface area contributed by atoms with Gasteiger partial charge < -0.3 is 5.32 Å². The Morgan fingerprint density at radius 2 is 1.55 bits per heavy atom. The maximum absolute atomic E-state index is 13.7. The second-order valence-corrected chi connectivity index (χ2v) is 9.91. The number of anilines is 1. The van der Waals surface area contributed by atoms with E-state index < -0.39 is 6.04 Å². The minimum absolute atomic E-state index is 0.146. The molecule has 0 aromatic heterocycles. The third kappa shape index (κ3) is 3.17. The average Bonchev–Trinajstić information content (AvgIpc) is 3.62. The molecule has 2 aromatic carbocycles. The molecular weight excluding hydrogens is 412 g/mol. The van der Waals surface area contributed by atoms with Crippen molar-refractivity contribution in [3.8, 4) is 0 Å². The fourth-order valence-electron chi connectivity index (χ4n) is 6.59. The summed E-state index contributed by atoms with van der Waals surface area (Å²) in [5.41, 5.74) is 2.70. The number of carbonyl (C=O) groups is 3. The van der Waals surface area contributed by atoms with Crippen molar-refractivity contribution in [2.24, 2.45) is 35.5 Å². The lowest BCUT2D eigenvalue weighted by molar-refractivity contribution is -0.146. The molecule has 2 saturated carbocycles. The topological polar surface area (TPSA) is 66.5 Å². The van der Waals surface area contributed by atoms with E-state index >= 15 is 0 Å². The van der Waals surface area contributed by atoms with Crippen molar-refractivity contribution in [1.82, 2.24) is 4.90 Å². The molecule has 1 N–H and O–H groups in total. The first kappa shape index (κ1) is 20.4. The van der Waals surface area contributed by atoms with Gasteiger partial charge in [0, 0.05) is 12.1 Å². The van der Waals surface area contributed by atoms with Crippen LogP contribution in [0.25, 0.3) is 0 Å². The highest BCUT2D eigenvalue weighted by Crippen LogP contribution is 2.65. The van der Waals surface area contributed by atoms with Crippen LogP contribution in [0.1, 0.15) is 24.5 Å². The number of hydrogen-bond donors (Lipinski definition) is 1. The Morgan fingerprint density at radius 3 is 2.18 bits per heavy atom. The summed E-state index contributed by atoms with van der Waals surface area (Å²) in [7, 11) is 0. The number of nitrogens with zero attached hydrogens (tertiary/aromatic N) is 1. The van der Waals surface area contributed by atoms with Crippen molar-refractivity contribution in [3.63, 3.8) is 0 Å². The molecule has 2 bridgehead atoms. The maximum Gasteiger partial charge on any atom is 0.248 e.